The molecule has 2 amide bonds. The molecule has 4 atom stereocenters. The number of halogens is 3. The van der Waals surface area contributed by atoms with Gasteiger partial charge in [-0.1, -0.05) is 30.3 Å². The molecule has 1 aliphatic carbocycles. The molecule has 2 heterocycles. The molecule has 2 aromatic carbocycles. The summed E-state index contributed by atoms with van der Waals surface area (Å²) in [6.07, 6.45) is -3.60. The number of carbonyl (C=O) groups excluding carboxylic acids is 2. The number of rotatable bonds is 5. The second kappa shape index (κ2) is 11.8. The molecular weight excluding hydrogens is 579 g/mol. The lowest BCUT2D eigenvalue weighted by molar-refractivity contribution is -0.192. The van der Waals surface area contributed by atoms with Gasteiger partial charge in [-0.05, 0) is 63.8 Å². The van der Waals surface area contributed by atoms with Crippen molar-refractivity contribution < 1.29 is 37.4 Å². The molecular formula is C31H34F3N5O5. The third kappa shape index (κ3) is 7.30. The first kappa shape index (κ1) is 32.3. The predicted octanol–water partition coefficient (Wildman–Crippen LogP) is 4.82. The number of nitrogens with zero attached hydrogens (tertiary/aromatic N) is 2. The minimum absolute atomic E-state index is 0.0276. The van der Waals surface area contributed by atoms with Crippen LogP contribution in [-0.2, 0) is 14.4 Å². The summed E-state index contributed by atoms with van der Waals surface area (Å²) < 4.78 is 37.8. The van der Waals surface area contributed by atoms with Crippen LogP contribution in [0.15, 0.2) is 48.5 Å². The maximum atomic E-state index is 13.5. The maximum Gasteiger partial charge on any atom is 0.490 e. The van der Waals surface area contributed by atoms with E-state index in [9.17, 15) is 28.0 Å². The van der Waals surface area contributed by atoms with Gasteiger partial charge in [-0.2, -0.15) is 18.4 Å². The largest absolute Gasteiger partial charge is 0.490 e. The molecule has 3 aliphatic rings. The van der Waals surface area contributed by atoms with Crippen molar-refractivity contribution in [1.29, 1.82) is 10.7 Å². The van der Waals surface area contributed by atoms with Gasteiger partial charge in [-0.15, -0.1) is 0 Å². The SMILES string of the molecule is CC1(C)CC(=O)N(C(c2cccc(C#N)c2)[C@@H]2C[C@H]2C(=O)N[C@H]2CC(C)(C)Oc3ccccc32)C(=N)N1.O=C(O)C(F)(F)F. The van der Waals surface area contributed by atoms with Gasteiger partial charge < -0.3 is 20.5 Å². The summed E-state index contributed by atoms with van der Waals surface area (Å²) >= 11 is 0. The molecule has 10 nitrogen and oxygen atoms in total. The summed E-state index contributed by atoms with van der Waals surface area (Å²) in [5.74, 6) is -2.63. The molecule has 0 bridgehead atoms. The zero-order valence-corrected chi connectivity index (χ0v) is 24.7. The highest BCUT2D eigenvalue weighted by molar-refractivity contribution is 5.99. The highest BCUT2D eigenvalue weighted by atomic mass is 19.4. The topological polar surface area (TPSA) is 156 Å². The number of carboxylic acid groups (broad SMARTS) is 1. The molecule has 2 fully saturated rings. The van der Waals surface area contributed by atoms with Crippen LogP contribution in [0, 0.1) is 28.6 Å². The van der Waals surface area contributed by atoms with Gasteiger partial charge in [0.25, 0.3) is 0 Å². The molecule has 1 unspecified atom stereocenters. The zero-order chi connectivity index (χ0) is 32.6. The van der Waals surface area contributed by atoms with E-state index in [1.807, 2.05) is 58.0 Å². The van der Waals surface area contributed by atoms with Crippen molar-refractivity contribution in [2.75, 3.05) is 0 Å². The monoisotopic (exact) mass is 613 g/mol. The van der Waals surface area contributed by atoms with Crippen molar-refractivity contribution in [3.63, 3.8) is 0 Å². The molecule has 234 valence electrons. The molecule has 4 N–H and O–H groups in total. The van der Waals surface area contributed by atoms with Crippen LogP contribution in [0.1, 0.15) is 75.7 Å². The molecule has 0 spiro atoms. The number of hydrogen-bond acceptors (Lipinski definition) is 6. The third-order valence-corrected chi connectivity index (χ3v) is 7.71. The first-order valence-electron chi connectivity index (χ1n) is 14.0. The average Bonchev–Trinajstić information content (AvgIpc) is 3.70. The van der Waals surface area contributed by atoms with Crippen LogP contribution in [0.5, 0.6) is 5.75 Å². The summed E-state index contributed by atoms with van der Waals surface area (Å²) in [6.45, 7) is 7.82. The van der Waals surface area contributed by atoms with E-state index in [-0.39, 0.29) is 42.1 Å². The first-order valence-corrected chi connectivity index (χ1v) is 14.0. The molecule has 44 heavy (non-hydrogen) atoms. The Kier molecular flexibility index (Phi) is 8.68. The molecule has 5 rings (SSSR count). The van der Waals surface area contributed by atoms with Gasteiger partial charge in [-0.25, -0.2) is 4.79 Å². The summed E-state index contributed by atoms with van der Waals surface area (Å²) in [5, 5.41) is 31.6. The number of alkyl halides is 3. The minimum Gasteiger partial charge on any atom is -0.487 e. The molecule has 1 saturated heterocycles. The second-order valence-corrected chi connectivity index (χ2v) is 12.5. The van der Waals surface area contributed by atoms with Crippen molar-refractivity contribution in [3.05, 3.63) is 65.2 Å². The number of guanidine groups is 1. The Morgan fingerprint density at radius 1 is 1.18 bits per heavy atom. The van der Waals surface area contributed by atoms with Crippen molar-refractivity contribution in [1.82, 2.24) is 15.5 Å². The Morgan fingerprint density at radius 2 is 1.84 bits per heavy atom. The Morgan fingerprint density at radius 3 is 2.45 bits per heavy atom. The number of fused-ring (bicyclic) bond motifs is 1. The fourth-order valence-corrected chi connectivity index (χ4v) is 5.76. The van der Waals surface area contributed by atoms with Crippen LogP contribution in [0.25, 0.3) is 0 Å². The lowest BCUT2D eigenvalue weighted by Crippen LogP contribution is -2.60. The Balaban J connectivity index is 0.000000566. The van der Waals surface area contributed by atoms with E-state index in [4.69, 9.17) is 20.0 Å². The van der Waals surface area contributed by atoms with Gasteiger partial charge in [0.2, 0.25) is 11.8 Å². The average molecular weight is 614 g/mol. The van der Waals surface area contributed by atoms with Crippen LogP contribution in [0.3, 0.4) is 0 Å². The minimum atomic E-state index is -5.08. The molecule has 1 saturated carbocycles. The summed E-state index contributed by atoms with van der Waals surface area (Å²) in [4.78, 5) is 37.2. The molecule has 13 heteroatoms. The number of ether oxygens (including phenoxy) is 1. The van der Waals surface area contributed by atoms with Crippen molar-refractivity contribution >= 4 is 23.7 Å². The number of nitriles is 1. The molecule has 0 aromatic heterocycles. The fourth-order valence-electron chi connectivity index (χ4n) is 5.76. The molecule has 2 aliphatic heterocycles. The normalized spacial score (nSPS) is 23.8. The lowest BCUT2D eigenvalue weighted by atomic mass is 9.89. The summed E-state index contributed by atoms with van der Waals surface area (Å²) in [6, 6.07) is 16.4. The summed E-state index contributed by atoms with van der Waals surface area (Å²) in [7, 11) is 0. The van der Waals surface area contributed by atoms with Crippen LogP contribution in [-0.4, -0.2) is 51.1 Å². The number of hydrogen-bond donors (Lipinski definition) is 4. The van der Waals surface area contributed by atoms with E-state index >= 15 is 0 Å². The molecule has 0 radical (unpaired) electrons. The van der Waals surface area contributed by atoms with Crippen LogP contribution >= 0.6 is 0 Å². The van der Waals surface area contributed by atoms with E-state index in [0.717, 1.165) is 16.9 Å². The smallest absolute Gasteiger partial charge is 0.487 e. The number of nitrogens with one attached hydrogen (secondary N) is 3. The number of benzene rings is 2. The van der Waals surface area contributed by atoms with Gasteiger partial charge in [-0.3, -0.25) is 19.9 Å². The number of carboxylic acids is 1. The standard InChI is InChI=1S/C29H33N5O3.C2HF3O2/c1-28(2)15-24(35)34(27(31)33-28)25(18-9-7-8-17(12-18)16-30)20-13-21(20)26(36)32-22-14-29(3,4)37-23-11-6-5-10-19(22)23;3-2(4,5)1(6)7/h5-12,20-22,25H,13-15H2,1-4H3,(H2,31,33)(H,32,36);(H,6,7)/t20-,21-,22+,25?;/m1./s1. The van der Waals surface area contributed by atoms with Gasteiger partial charge in [0.1, 0.15) is 11.4 Å². The van der Waals surface area contributed by atoms with Gasteiger partial charge in [0.15, 0.2) is 5.96 Å². The first-order chi connectivity index (χ1) is 20.4. The highest BCUT2D eigenvalue weighted by Crippen LogP contribution is 2.52. The lowest BCUT2D eigenvalue weighted by Gasteiger charge is -2.42. The predicted molar refractivity (Wildman–Crippen MR) is 152 cm³/mol. The molecule has 2 aromatic rings. The summed E-state index contributed by atoms with van der Waals surface area (Å²) in [5.41, 5.74) is 1.27. The quantitative estimate of drug-likeness (QED) is 0.377. The third-order valence-electron chi connectivity index (χ3n) is 7.71. The highest BCUT2D eigenvalue weighted by Gasteiger charge is 2.54. The van der Waals surface area contributed by atoms with Crippen LogP contribution < -0.4 is 15.4 Å². The van der Waals surface area contributed by atoms with Gasteiger partial charge in [0, 0.05) is 29.9 Å². The van der Waals surface area contributed by atoms with Gasteiger partial charge >= 0.3 is 12.1 Å². The van der Waals surface area contributed by atoms with Crippen molar-refractivity contribution in [2.45, 2.75) is 76.4 Å². The van der Waals surface area contributed by atoms with Crippen molar-refractivity contribution in [3.8, 4) is 11.8 Å². The number of carbonyl (C=O) groups is 3. The fraction of sp³-hybridized carbons (Fsp3) is 0.452. The number of para-hydroxylation sites is 1. The van der Waals surface area contributed by atoms with E-state index in [0.29, 0.717) is 18.4 Å². The number of amides is 2. The van der Waals surface area contributed by atoms with E-state index in [1.54, 1.807) is 18.2 Å². The van der Waals surface area contributed by atoms with E-state index < -0.39 is 29.3 Å². The zero-order valence-electron chi connectivity index (χ0n) is 24.7. The Bertz CT molecular complexity index is 1500. The van der Waals surface area contributed by atoms with Gasteiger partial charge in [0.05, 0.1) is 23.7 Å². The Hall–Kier alpha value is -4.60. The van der Waals surface area contributed by atoms with E-state index in [2.05, 4.69) is 16.7 Å². The van der Waals surface area contributed by atoms with Crippen LogP contribution in [0.2, 0.25) is 0 Å². The second-order valence-electron chi connectivity index (χ2n) is 12.5. The Labute approximate surface area is 252 Å². The number of aliphatic carboxylic acids is 1. The van der Waals surface area contributed by atoms with Crippen molar-refractivity contribution in [2.24, 2.45) is 11.8 Å². The maximum absolute atomic E-state index is 13.5. The van der Waals surface area contributed by atoms with E-state index in [1.165, 1.54) is 4.90 Å². The van der Waals surface area contributed by atoms with Crippen LogP contribution in [0.4, 0.5) is 13.2 Å².